The predicted octanol–water partition coefficient (Wildman–Crippen LogP) is 6.62. The van der Waals surface area contributed by atoms with Gasteiger partial charge in [-0.15, -0.1) is 0 Å². The van der Waals surface area contributed by atoms with Crippen LogP contribution < -0.4 is 16.0 Å². The number of methoxy groups -OCH3 is 2. The van der Waals surface area contributed by atoms with Gasteiger partial charge in [-0.25, -0.2) is 14.6 Å². The Kier molecular flexibility index (Phi) is 12.1. The average molecular weight is 867 g/mol. The number of nitrogens with zero attached hydrogens (tertiary/aromatic N) is 4. The highest BCUT2D eigenvalue weighted by atomic mass is 16.5. The summed E-state index contributed by atoms with van der Waals surface area (Å²) in [5.74, 6) is 0.978. The summed E-state index contributed by atoms with van der Waals surface area (Å²) in [4.78, 5) is 69.2. The minimum atomic E-state index is -0.939. The van der Waals surface area contributed by atoms with Crippen LogP contribution in [-0.2, 0) is 30.2 Å². The second kappa shape index (κ2) is 18.2. The highest BCUT2D eigenvalue weighted by Crippen LogP contribution is 2.40. The molecule has 2 unspecified atom stereocenters. The molecule has 4 N–H and O–H groups in total. The molecule has 15 nitrogen and oxygen atoms in total. The number of likely N-dealkylation sites (tertiary alicyclic amines) is 1. The van der Waals surface area contributed by atoms with Gasteiger partial charge in [0.1, 0.15) is 29.8 Å². The van der Waals surface area contributed by atoms with Crippen LogP contribution in [-0.4, -0.2) is 108 Å². The number of carbonyl (C=O) groups excluding carboxylic acids is 4. The van der Waals surface area contributed by atoms with E-state index in [1.165, 1.54) is 25.3 Å². The summed E-state index contributed by atoms with van der Waals surface area (Å²) in [5.41, 5.74) is 7.20. The van der Waals surface area contributed by atoms with Crippen molar-refractivity contribution < 1.29 is 33.4 Å². The number of morpholine rings is 1. The minimum absolute atomic E-state index is 0.0264. The van der Waals surface area contributed by atoms with Crippen LogP contribution in [0.2, 0.25) is 0 Å². The summed E-state index contributed by atoms with van der Waals surface area (Å²) in [7, 11) is 2.58. The summed E-state index contributed by atoms with van der Waals surface area (Å²) in [6, 6.07) is 26.5. The number of aryl methyl sites for hydroxylation is 1. The molecule has 2 fully saturated rings. The molecule has 4 heterocycles. The van der Waals surface area contributed by atoms with E-state index in [-0.39, 0.29) is 42.5 Å². The maximum absolute atomic E-state index is 14.1. The van der Waals surface area contributed by atoms with Crippen LogP contribution in [0.4, 0.5) is 9.59 Å². The SMILES string of the molecule is COC(=O)N[C@H](C(=O)N1CCC[C@H]1C1=NC2c3ccc(-c4ccc5cc(-c6cnc([C@@H]7COCCN7C(=O)[C@H](NC(=O)OC)c7ccccc7)[nH]6)ccc5c4)cc3CCC2N1)C(C)C. The zero-order valence-corrected chi connectivity index (χ0v) is 36.5. The highest BCUT2D eigenvalue weighted by molar-refractivity contribution is 5.96. The fraction of sp³-hybridized carbons (Fsp3) is 0.388. The largest absolute Gasteiger partial charge is 0.453 e. The average Bonchev–Trinajstić information content (AvgIpc) is 4.13. The topological polar surface area (TPSA) is 180 Å². The van der Waals surface area contributed by atoms with Gasteiger partial charge in [0.2, 0.25) is 5.91 Å². The second-order valence-corrected chi connectivity index (χ2v) is 17.3. The number of amides is 4. The predicted molar refractivity (Wildman–Crippen MR) is 241 cm³/mol. The lowest BCUT2D eigenvalue weighted by atomic mass is 9.83. The van der Waals surface area contributed by atoms with E-state index in [4.69, 9.17) is 24.2 Å². The number of alkyl carbamates (subject to hydrolysis) is 2. The van der Waals surface area contributed by atoms with Crippen molar-refractivity contribution in [3.63, 3.8) is 0 Å². The van der Waals surface area contributed by atoms with E-state index in [9.17, 15) is 19.2 Å². The first-order valence-corrected chi connectivity index (χ1v) is 22.1. The number of aromatic amines is 1. The number of imidazole rings is 1. The summed E-state index contributed by atoms with van der Waals surface area (Å²) < 4.78 is 15.5. The molecule has 0 spiro atoms. The smallest absolute Gasteiger partial charge is 0.407 e. The zero-order valence-electron chi connectivity index (χ0n) is 36.5. The lowest BCUT2D eigenvalue weighted by molar-refractivity contribution is -0.143. The Morgan fingerprint density at radius 1 is 0.797 bits per heavy atom. The molecule has 4 aromatic carbocycles. The Bertz CT molecular complexity index is 2590. The van der Waals surface area contributed by atoms with Crippen molar-refractivity contribution in [1.82, 2.24) is 35.7 Å². The van der Waals surface area contributed by atoms with Crippen LogP contribution in [0.25, 0.3) is 33.2 Å². The third kappa shape index (κ3) is 8.39. The second-order valence-electron chi connectivity index (χ2n) is 17.3. The molecular formula is C49H54N8O7. The molecule has 2 saturated heterocycles. The molecule has 6 atom stereocenters. The molecule has 0 radical (unpaired) electrons. The van der Waals surface area contributed by atoms with Crippen LogP contribution in [0.15, 0.2) is 96.1 Å². The monoisotopic (exact) mass is 866 g/mol. The number of nitrogens with one attached hydrogen (secondary N) is 4. The van der Waals surface area contributed by atoms with E-state index in [2.05, 4.69) is 75.5 Å². The van der Waals surface area contributed by atoms with Crippen LogP contribution in [0.3, 0.4) is 0 Å². The normalized spacial score (nSPS) is 21.3. The van der Waals surface area contributed by atoms with Crippen LogP contribution in [0.5, 0.6) is 0 Å². The van der Waals surface area contributed by atoms with Gasteiger partial charge in [0.25, 0.3) is 5.91 Å². The number of hydrogen-bond acceptors (Lipinski definition) is 10. The lowest BCUT2D eigenvalue weighted by Gasteiger charge is -2.36. The number of carbonyl (C=O) groups is 4. The number of ether oxygens (including phenoxy) is 3. The van der Waals surface area contributed by atoms with Crippen LogP contribution in [0, 0.1) is 5.92 Å². The number of hydrogen-bond donors (Lipinski definition) is 4. The molecule has 15 heteroatoms. The van der Waals surface area contributed by atoms with E-state index in [1.807, 2.05) is 36.9 Å². The van der Waals surface area contributed by atoms with Crippen molar-refractivity contribution in [2.24, 2.45) is 10.9 Å². The molecule has 0 saturated carbocycles. The molecule has 64 heavy (non-hydrogen) atoms. The number of aromatic nitrogens is 2. The van der Waals surface area contributed by atoms with Crippen LogP contribution >= 0.6 is 0 Å². The molecule has 3 aliphatic heterocycles. The molecule has 332 valence electrons. The van der Waals surface area contributed by atoms with Crippen molar-refractivity contribution >= 4 is 40.6 Å². The Balaban J connectivity index is 0.902. The molecule has 9 rings (SSSR count). The highest BCUT2D eigenvalue weighted by Gasteiger charge is 2.43. The van der Waals surface area contributed by atoms with Crippen molar-refractivity contribution in [3.05, 3.63) is 114 Å². The number of fused-ring (bicyclic) bond motifs is 4. The Morgan fingerprint density at radius 3 is 2.27 bits per heavy atom. The number of benzene rings is 4. The maximum atomic E-state index is 14.1. The molecular weight excluding hydrogens is 813 g/mol. The van der Waals surface area contributed by atoms with Gasteiger partial charge in [0.15, 0.2) is 0 Å². The first-order valence-electron chi connectivity index (χ1n) is 22.1. The first kappa shape index (κ1) is 42.6. The maximum Gasteiger partial charge on any atom is 0.407 e. The quantitative estimate of drug-likeness (QED) is 0.120. The van der Waals surface area contributed by atoms with Gasteiger partial charge in [0.05, 0.1) is 57.4 Å². The summed E-state index contributed by atoms with van der Waals surface area (Å²) in [6.45, 7) is 5.43. The van der Waals surface area contributed by atoms with E-state index < -0.39 is 30.3 Å². The van der Waals surface area contributed by atoms with Crippen molar-refractivity contribution in [2.75, 3.05) is 40.5 Å². The van der Waals surface area contributed by atoms with E-state index in [1.54, 1.807) is 23.2 Å². The van der Waals surface area contributed by atoms with Gasteiger partial charge in [0, 0.05) is 18.7 Å². The standard InChI is InChI=1S/C49H54N8O7/c1-28(2)41(54-48(60)62-3)46(58)56-20-8-11-39(56)45-51-37-19-17-34-24-33(16-18-36(34)43(37)53-45)30-12-13-32-25-35(15-14-31(32)23-30)38-26-50-44(52-38)40-27-64-22-21-57(40)47(59)42(55-49(61)63-4)29-9-6-5-7-10-29/h5-7,9-10,12-16,18,23-26,28,37,39-43H,8,11,17,19-22,27H2,1-4H3,(H,50,52)(H,51,53)(H,54,60)(H,55,61)/t37?,39-,40-,41-,42+,43?/m0/s1. The Morgan fingerprint density at radius 2 is 1.50 bits per heavy atom. The van der Waals surface area contributed by atoms with Gasteiger partial charge >= 0.3 is 12.2 Å². The van der Waals surface area contributed by atoms with Gasteiger partial charge in [-0.3, -0.25) is 14.6 Å². The van der Waals surface area contributed by atoms with Crippen molar-refractivity contribution in [1.29, 1.82) is 0 Å². The number of amidine groups is 1. The molecule has 1 aliphatic carbocycles. The summed E-state index contributed by atoms with van der Waals surface area (Å²) in [5, 5.41) is 11.3. The third-order valence-corrected chi connectivity index (χ3v) is 13.1. The van der Waals surface area contributed by atoms with Gasteiger partial charge in [-0.1, -0.05) is 86.6 Å². The Hall–Kier alpha value is -6.74. The molecule has 1 aromatic heterocycles. The molecule has 4 aliphatic rings. The van der Waals surface area contributed by atoms with E-state index in [0.29, 0.717) is 31.1 Å². The molecule has 0 bridgehead atoms. The first-order chi connectivity index (χ1) is 31.1. The fourth-order valence-corrected chi connectivity index (χ4v) is 9.65. The third-order valence-electron chi connectivity index (χ3n) is 13.1. The number of H-pyrrole nitrogens is 1. The lowest BCUT2D eigenvalue weighted by Crippen LogP contribution is -2.55. The molecule has 4 amide bonds. The summed E-state index contributed by atoms with van der Waals surface area (Å²) in [6.07, 6.45) is 4.04. The van der Waals surface area contributed by atoms with Crippen molar-refractivity contribution in [2.45, 2.75) is 75.8 Å². The Labute approximate surface area is 371 Å². The number of aliphatic imine (C=N–C) groups is 1. The zero-order chi connectivity index (χ0) is 44.5. The number of rotatable bonds is 10. The van der Waals surface area contributed by atoms with Gasteiger partial charge < -0.3 is 44.9 Å². The van der Waals surface area contributed by atoms with E-state index in [0.717, 1.165) is 64.7 Å². The van der Waals surface area contributed by atoms with E-state index >= 15 is 0 Å². The minimum Gasteiger partial charge on any atom is -0.453 e. The van der Waals surface area contributed by atoms with Crippen LogP contribution in [0.1, 0.15) is 73.8 Å². The summed E-state index contributed by atoms with van der Waals surface area (Å²) >= 11 is 0. The van der Waals surface area contributed by atoms with Gasteiger partial charge in [-0.2, -0.15) is 0 Å². The van der Waals surface area contributed by atoms with Crippen molar-refractivity contribution in [3.8, 4) is 22.4 Å². The molecule has 5 aromatic rings. The fourth-order valence-electron chi connectivity index (χ4n) is 9.65. The van der Waals surface area contributed by atoms with Gasteiger partial charge in [-0.05, 0) is 82.3 Å².